The number of hydrogen-bond donors (Lipinski definition) is 0. The van der Waals surface area contributed by atoms with Crippen molar-refractivity contribution in [2.24, 2.45) is 0 Å². The van der Waals surface area contributed by atoms with Gasteiger partial charge in [0.25, 0.3) is 5.91 Å². The molecule has 0 bridgehead atoms. The summed E-state index contributed by atoms with van der Waals surface area (Å²) in [5.41, 5.74) is 1.05. The van der Waals surface area contributed by atoms with Gasteiger partial charge in [-0.05, 0) is 49.6 Å². The molecule has 2 aromatic carbocycles. The Morgan fingerprint density at radius 2 is 2.00 bits per heavy atom. The van der Waals surface area contributed by atoms with Crippen LogP contribution in [0.1, 0.15) is 41.7 Å². The average molecular weight is 398 g/mol. The molecule has 1 atom stereocenters. The highest BCUT2D eigenvalue weighted by Gasteiger charge is 2.32. The number of benzene rings is 2. The fraction of sp³-hybridized carbons (Fsp3) is 0.381. The minimum Gasteiger partial charge on any atom is -0.487 e. The van der Waals surface area contributed by atoms with Crippen molar-refractivity contribution in [3.63, 3.8) is 0 Å². The Balaban J connectivity index is 1.61. The Morgan fingerprint density at radius 3 is 2.76 bits per heavy atom. The summed E-state index contributed by atoms with van der Waals surface area (Å²) in [6, 6.07) is 10.0. The molecule has 1 saturated heterocycles. The van der Waals surface area contributed by atoms with Gasteiger partial charge in [0.05, 0.1) is 17.6 Å². The third kappa shape index (κ3) is 3.70. The number of hydrogen-bond acceptors (Lipinski definition) is 6. The summed E-state index contributed by atoms with van der Waals surface area (Å²) in [5, 5.41) is 11.4. The molecule has 2 heterocycles. The first-order valence-corrected chi connectivity index (χ1v) is 9.70. The minimum atomic E-state index is -0.524. The second-order valence-electron chi connectivity index (χ2n) is 6.93. The molecule has 1 fully saturated rings. The lowest BCUT2D eigenvalue weighted by Crippen LogP contribution is -2.30. The molecule has 8 heteroatoms. The van der Waals surface area contributed by atoms with Crippen LogP contribution in [0.3, 0.4) is 0 Å². The van der Waals surface area contributed by atoms with Gasteiger partial charge in [-0.1, -0.05) is 6.07 Å². The molecular weight excluding hydrogens is 376 g/mol. The number of nitrogens with zero attached hydrogens (tertiary/aromatic N) is 2. The van der Waals surface area contributed by atoms with Gasteiger partial charge >= 0.3 is 5.69 Å². The fourth-order valence-electron chi connectivity index (χ4n) is 3.86. The lowest BCUT2D eigenvalue weighted by atomic mass is 10.0. The summed E-state index contributed by atoms with van der Waals surface area (Å²) in [6.07, 6.45) is 1.69. The molecule has 0 unspecified atom stereocenters. The highest BCUT2D eigenvalue weighted by atomic mass is 16.6. The number of likely N-dealkylation sites (tertiary alicyclic amines) is 1. The zero-order chi connectivity index (χ0) is 20.4. The predicted molar refractivity (Wildman–Crippen MR) is 105 cm³/mol. The molecule has 152 valence electrons. The van der Waals surface area contributed by atoms with Crippen LogP contribution in [0, 0.1) is 10.1 Å². The smallest absolute Gasteiger partial charge is 0.311 e. The number of rotatable bonds is 5. The van der Waals surface area contributed by atoms with Crippen LogP contribution < -0.4 is 14.2 Å². The number of nitro groups is 1. The molecule has 0 N–H and O–H groups in total. The molecule has 8 nitrogen and oxygen atoms in total. The van der Waals surface area contributed by atoms with Crippen LogP contribution in [-0.4, -0.2) is 42.1 Å². The standard InChI is InChI=1S/C21H22N2O6/c1-2-27-18-7-6-15(12-17(18)23(25)26)21(24)22-9-3-4-16(22)14-5-8-19-20(13-14)29-11-10-28-19/h5-8,12-13,16H,2-4,9-11H2,1H3/t16-/m1/s1. The zero-order valence-electron chi connectivity index (χ0n) is 16.1. The van der Waals surface area contributed by atoms with Gasteiger partial charge in [-0.3, -0.25) is 14.9 Å². The molecule has 0 aliphatic carbocycles. The van der Waals surface area contributed by atoms with Crippen LogP contribution in [0.4, 0.5) is 5.69 Å². The monoisotopic (exact) mass is 398 g/mol. The van der Waals surface area contributed by atoms with Crippen molar-refractivity contribution >= 4 is 11.6 Å². The van der Waals surface area contributed by atoms with Gasteiger partial charge in [-0.15, -0.1) is 0 Å². The van der Waals surface area contributed by atoms with Crippen LogP contribution in [0.15, 0.2) is 36.4 Å². The molecule has 2 aliphatic rings. The van der Waals surface area contributed by atoms with Crippen molar-refractivity contribution in [3.05, 3.63) is 57.6 Å². The summed E-state index contributed by atoms with van der Waals surface area (Å²) in [4.78, 5) is 25.8. The Morgan fingerprint density at radius 1 is 1.21 bits per heavy atom. The van der Waals surface area contributed by atoms with E-state index in [1.54, 1.807) is 17.9 Å². The third-order valence-corrected chi connectivity index (χ3v) is 5.17. The zero-order valence-corrected chi connectivity index (χ0v) is 16.1. The van der Waals surface area contributed by atoms with Gasteiger partial charge in [0.2, 0.25) is 0 Å². The van der Waals surface area contributed by atoms with E-state index in [9.17, 15) is 14.9 Å². The SMILES string of the molecule is CCOc1ccc(C(=O)N2CCC[C@@H]2c2ccc3c(c2)OCCO3)cc1[N+](=O)[O-]. The summed E-state index contributed by atoms with van der Waals surface area (Å²) in [7, 11) is 0. The molecule has 4 rings (SSSR count). The van der Waals surface area contributed by atoms with E-state index in [1.165, 1.54) is 12.1 Å². The summed E-state index contributed by atoms with van der Waals surface area (Å²) >= 11 is 0. The lowest BCUT2D eigenvalue weighted by Gasteiger charge is -2.27. The molecule has 2 aliphatic heterocycles. The van der Waals surface area contributed by atoms with Crippen LogP contribution in [-0.2, 0) is 0 Å². The Hall–Kier alpha value is -3.29. The first kappa shape index (κ1) is 19.0. The van der Waals surface area contributed by atoms with Crippen LogP contribution >= 0.6 is 0 Å². The van der Waals surface area contributed by atoms with E-state index in [0.29, 0.717) is 37.9 Å². The maximum atomic E-state index is 13.2. The third-order valence-electron chi connectivity index (χ3n) is 5.17. The van der Waals surface area contributed by atoms with Crippen molar-refractivity contribution in [3.8, 4) is 17.2 Å². The van der Waals surface area contributed by atoms with E-state index in [0.717, 1.165) is 18.4 Å². The van der Waals surface area contributed by atoms with Gasteiger partial charge in [0, 0.05) is 18.2 Å². The number of carbonyl (C=O) groups excluding carboxylic acids is 1. The highest BCUT2D eigenvalue weighted by Crippen LogP contribution is 2.39. The van der Waals surface area contributed by atoms with E-state index >= 15 is 0 Å². The first-order chi connectivity index (χ1) is 14.1. The molecule has 0 aromatic heterocycles. The molecule has 2 aromatic rings. The molecule has 1 amide bonds. The number of nitro benzene ring substituents is 1. The second kappa shape index (κ2) is 7.98. The van der Waals surface area contributed by atoms with E-state index in [4.69, 9.17) is 14.2 Å². The van der Waals surface area contributed by atoms with Crippen molar-refractivity contribution in [2.45, 2.75) is 25.8 Å². The Bertz CT molecular complexity index is 945. The molecular formula is C21H22N2O6. The number of ether oxygens (including phenoxy) is 3. The van der Waals surface area contributed by atoms with E-state index in [2.05, 4.69) is 0 Å². The number of carbonyl (C=O) groups is 1. The number of amides is 1. The Kier molecular flexibility index (Phi) is 5.24. The maximum absolute atomic E-state index is 13.2. The van der Waals surface area contributed by atoms with Gasteiger partial charge < -0.3 is 19.1 Å². The van der Waals surface area contributed by atoms with Crippen LogP contribution in [0.2, 0.25) is 0 Å². The average Bonchev–Trinajstić information content (AvgIpc) is 3.23. The topological polar surface area (TPSA) is 91.1 Å². The van der Waals surface area contributed by atoms with Gasteiger partial charge in [-0.25, -0.2) is 0 Å². The molecule has 0 radical (unpaired) electrons. The van der Waals surface area contributed by atoms with Gasteiger partial charge in [0.15, 0.2) is 17.2 Å². The summed E-state index contributed by atoms with van der Waals surface area (Å²) in [5.74, 6) is 1.33. The lowest BCUT2D eigenvalue weighted by molar-refractivity contribution is -0.385. The summed E-state index contributed by atoms with van der Waals surface area (Å²) in [6.45, 7) is 3.69. The van der Waals surface area contributed by atoms with Crippen LogP contribution in [0.5, 0.6) is 17.2 Å². The number of fused-ring (bicyclic) bond motifs is 1. The predicted octanol–water partition coefficient (Wildman–Crippen LogP) is 3.74. The first-order valence-electron chi connectivity index (χ1n) is 9.70. The van der Waals surface area contributed by atoms with Crippen molar-refractivity contribution < 1.29 is 23.9 Å². The largest absolute Gasteiger partial charge is 0.487 e. The van der Waals surface area contributed by atoms with Gasteiger partial charge in [0.1, 0.15) is 13.2 Å². The fourth-order valence-corrected chi connectivity index (χ4v) is 3.86. The van der Waals surface area contributed by atoms with Crippen molar-refractivity contribution in [1.29, 1.82) is 0 Å². The minimum absolute atomic E-state index is 0.107. The van der Waals surface area contributed by atoms with Gasteiger partial charge in [-0.2, -0.15) is 0 Å². The molecule has 0 spiro atoms. The van der Waals surface area contributed by atoms with Crippen LogP contribution in [0.25, 0.3) is 0 Å². The maximum Gasteiger partial charge on any atom is 0.311 e. The highest BCUT2D eigenvalue weighted by molar-refractivity contribution is 5.95. The van der Waals surface area contributed by atoms with Crippen molar-refractivity contribution in [1.82, 2.24) is 4.90 Å². The van der Waals surface area contributed by atoms with E-state index in [-0.39, 0.29) is 28.9 Å². The second-order valence-corrected chi connectivity index (χ2v) is 6.93. The molecule has 29 heavy (non-hydrogen) atoms. The van der Waals surface area contributed by atoms with E-state index < -0.39 is 4.92 Å². The quantitative estimate of drug-likeness (QED) is 0.563. The normalized spacial score (nSPS) is 17.8. The van der Waals surface area contributed by atoms with Crippen molar-refractivity contribution in [2.75, 3.05) is 26.4 Å². The Labute approximate surface area is 168 Å². The van der Waals surface area contributed by atoms with E-state index in [1.807, 2.05) is 18.2 Å². The summed E-state index contributed by atoms with van der Waals surface area (Å²) < 4.78 is 16.5. The molecule has 0 saturated carbocycles.